The second-order valence-corrected chi connectivity index (χ2v) is 7.61. The number of hydrogen-bond donors (Lipinski definition) is 2. The van der Waals surface area contributed by atoms with Gasteiger partial charge in [-0.1, -0.05) is 31.4 Å². The molecule has 1 aromatic rings. The van der Waals surface area contributed by atoms with E-state index >= 15 is 0 Å². The predicted molar refractivity (Wildman–Crippen MR) is 103 cm³/mol. The molecular formula is C21H30N2O4. The van der Waals surface area contributed by atoms with Gasteiger partial charge in [0.15, 0.2) is 0 Å². The molecule has 148 valence electrons. The molecule has 2 fully saturated rings. The van der Waals surface area contributed by atoms with Crippen LogP contribution in [0.3, 0.4) is 0 Å². The zero-order valence-electron chi connectivity index (χ0n) is 15.9. The molecule has 1 amide bonds. The number of nitrogens with zero attached hydrogens (tertiary/aromatic N) is 1. The second kappa shape index (κ2) is 9.74. The molecule has 0 atom stereocenters. The van der Waals surface area contributed by atoms with Crippen LogP contribution in [-0.2, 0) is 4.79 Å². The molecule has 0 radical (unpaired) electrons. The summed E-state index contributed by atoms with van der Waals surface area (Å²) < 4.78 is 5.68. The van der Waals surface area contributed by atoms with E-state index in [0.717, 1.165) is 45.3 Å². The van der Waals surface area contributed by atoms with Crippen molar-refractivity contribution in [2.75, 3.05) is 26.2 Å². The van der Waals surface area contributed by atoms with Gasteiger partial charge < -0.3 is 15.2 Å². The number of likely N-dealkylation sites (tertiary alicyclic amines) is 1. The molecular weight excluding hydrogens is 344 g/mol. The van der Waals surface area contributed by atoms with Crippen LogP contribution in [0.4, 0.5) is 0 Å². The number of piperidine rings is 1. The van der Waals surface area contributed by atoms with Gasteiger partial charge in [0.05, 0.1) is 0 Å². The van der Waals surface area contributed by atoms with Crippen LogP contribution in [0.15, 0.2) is 24.3 Å². The first kappa shape index (κ1) is 19.7. The Morgan fingerprint density at radius 2 is 1.78 bits per heavy atom. The lowest BCUT2D eigenvalue weighted by Crippen LogP contribution is -2.47. The van der Waals surface area contributed by atoms with Gasteiger partial charge in [0.25, 0.3) is 0 Å². The Balaban J connectivity index is 1.36. The summed E-state index contributed by atoms with van der Waals surface area (Å²) in [7, 11) is 0. The minimum atomic E-state index is -0.972. The van der Waals surface area contributed by atoms with Gasteiger partial charge in [-0.15, -0.1) is 0 Å². The Bertz CT molecular complexity index is 635. The Morgan fingerprint density at radius 3 is 2.48 bits per heavy atom. The van der Waals surface area contributed by atoms with Crippen molar-refractivity contribution in [2.45, 2.75) is 51.0 Å². The van der Waals surface area contributed by atoms with E-state index in [9.17, 15) is 14.7 Å². The number of amides is 1. The number of ether oxygens (including phenoxy) is 1. The smallest absolute Gasteiger partial charge is 0.339 e. The number of benzene rings is 1. The zero-order valence-corrected chi connectivity index (χ0v) is 15.9. The Morgan fingerprint density at radius 1 is 1.07 bits per heavy atom. The Hall–Kier alpha value is -2.08. The molecule has 1 saturated carbocycles. The first-order chi connectivity index (χ1) is 13.1. The molecule has 0 aromatic heterocycles. The van der Waals surface area contributed by atoms with E-state index in [1.165, 1.54) is 19.3 Å². The summed E-state index contributed by atoms with van der Waals surface area (Å²) in [5.74, 6) is -0.0824. The number of carboxylic acid groups (broad SMARTS) is 1. The zero-order chi connectivity index (χ0) is 19.1. The summed E-state index contributed by atoms with van der Waals surface area (Å²) in [6.45, 7) is 3.08. The fourth-order valence-corrected chi connectivity index (χ4v) is 4.04. The molecule has 0 spiro atoms. The first-order valence-corrected chi connectivity index (χ1v) is 10.1. The number of para-hydroxylation sites is 1. The van der Waals surface area contributed by atoms with Crippen LogP contribution in [0.1, 0.15) is 55.3 Å². The van der Waals surface area contributed by atoms with Crippen molar-refractivity contribution in [3.63, 3.8) is 0 Å². The summed E-state index contributed by atoms with van der Waals surface area (Å²) in [4.78, 5) is 25.9. The summed E-state index contributed by atoms with van der Waals surface area (Å²) in [6, 6.07) is 7.00. The number of aromatic carboxylic acids is 1. The molecule has 1 aliphatic carbocycles. The van der Waals surface area contributed by atoms with Gasteiger partial charge in [0, 0.05) is 31.6 Å². The number of nitrogens with one attached hydrogen (secondary N) is 1. The van der Waals surface area contributed by atoms with Gasteiger partial charge in [-0.2, -0.15) is 0 Å². The maximum atomic E-state index is 12.4. The fraction of sp³-hybridized carbons (Fsp3) is 0.619. The summed E-state index contributed by atoms with van der Waals surface area (Å²) >= 11 is 0. The van der Waals surface area contributed by atoms with Gasteiger partial charge in [0.1, 0.15) is 17.9 Å². The van der Waals surface area contributed by atoms with Gasteiger partial charge in [-0.05, 0) is 37.8 Å². The Kier molecular flexibility index (Phi) is 7.10. The maximum absolute atomic E-state index is 12.4. The monoisotopic (exact) mass is 374 g/mol. The molecule has 0 unspecified atom stereocenters. The van der Waals surface area contributed by atoms with Gasteiger partial charge >= 0.3 is 5.97 Å². The molecule has 6 nitrogen and oxygen atoms in total. The number of carboxylic acids is 1. The second-order valence-electron chi connectivity index (χ2n) is 7.61. The van der Waals surface area contributed by atoms with Gasteiger partial charge in [-0.3, -0.25) is 9.69 Å². The molecule has 1 heterocycles. The van der Waals surface area contributed by atoms with Crippen LogP contribution in [0, 0.1) is 5.92 Å². The summed E-state index contributed by atoms with van der Waals surface area (Å²) in [5, 5.41) is 12.4. The van der Waals surface area contributed by atoms with Gasteiger partial charge in [-0.25, -0.2) is 4.79 Å². The molecule has 0 bridgehead atoms. The van der Waals surface area contributed by atoms with Crippen molar-refractivity contribution in [1.82, 2.24) is 10.2 Å². The van der Waals surface area contributed by atoms with E-state index in [1.54, 1.807) is 24.3 Å². The topological polar surface area (TPSA) is 78.9 Å². The Labute approximate surface area is 160 Å². The third-order valence-corrected chi connectivity index (χ3v) is 5.69. The molecule has 1 aromatic carbocycles. The van der Waals surface area contributed by atoms with Crippen LogP contribution >= 0.6 is 0 Å². The average Bonchev–Trinajstić information content (AvgIpc) is 2.70. The first-order valence-electron chi connectivity index (χ1n) is 10.1. The van der Waals surface area contributed by atoms with Crippen LogP contribution in [-0.4, -0.2) is 54.2 Å². The molecule has 2 N–H and O–H groups in total. The lowest BCUT2D eigenvalue weighted by atomic mass is 9.88. The van der Waals surface area contributed by atoms with Crippen LogP contribution in [0.2, 0.25) is 0 Å². The van der Waals surface area contributed by atoms with E-state index in [-0.39, 0.29) is 23.4 Å². The van der Waals surface area contributed by atoms with E-state index in [1.807, 2.05) is 0 Å². The third-order valence-electron chi connectivity index (χ3n) is 5.69. The highest BCUT2D eigenvalue weighted by atomic mass is 16.5. The summed E-state index contributed by atoms with van der Waals surface area (Å²) in [5.41, 5.74) is 0.196. The SMILES string of the molecule is O=C(O)c1ccccc1OCCN1CCC(NC(=O)C2CCCCC2)CC1. The van der Waals surface area contributed by atoms with Crippen LogP contribution < -0.4 is 10.1 Å². The summed E-state index contributed by atoms with van der Waals surface area (Å²) in [6.07, 6.45) is 7.64. The average molecular weight is 374 g/mol. The van der Waals surface area contributed by atoms with Crippen LogP contribution in [0.25, 0.3) is 0 Å². The molecule has 2 aliphatic rings. The highest BCUT2D eigenvalue weighted by molar-refractivity contribution is 5.90. The number of rotatable bonds is 7. The maximum Gasteiger partial charge on any atom is 0.339 e. The van der Waals surface area contributed by atoms with Crippen molar-refractivity contribution in [1.29, 1.82) is 0 Å². The quantitative estimate of drug-likeness (QED) is 0.767. The standard InChI is InChI=1S/C21H30N2O4/c24-20(16-6-2-1-3-7-16)22-17-10-12-23(13-11-17)14-15-27-19-9-5-4-8-18(19)21(25)26/h4-5,8-9,16-17H,1-3,6-7,10-15H2,(H,22,24)(H,25,26). The van der Waals surface area contributed by atoms with E-state index in [0.29, 0.717) is 12.4 Å². The van der Waals surface area contributed by atoms with Crippen molar-refractivity contribution >= 4 is 11.9 Å². The fourth-order valence-electron chi connectivity index (χ4n) is 4.04. The lowest BCUT2D eigenvalue weighted by Gasteiger charge is -2.33. The van der Waals surface area contributed by atoms with E-state index < -0.39 is 5.97 Å². The minimum Gasteiger partial charge on any atom is -0.491 e. The minimum absolute atomic E-state index is 0.196. The molecule has 6 heteroatoms. The van der Waals surface area contributed by atoms with E-state index in [4.69, 9.17) is 4.74 Å². The molecule has 1 aliphatic heterocycles. The van der Waals surface area contributed by atoms with Gasteiger partial charge in [0.2, 0.25) is 5.91 Å². The molecule has 27 heavy (non-hydrogen) atoms. The number of carbonyl (C=O) groups is 2. The van der Waals surface area contributed by atoms with Crippen molar-refractivity contribution < 1.29 is 19.4 Å². The molecule has 1 saturated heterocycles. The number of hydrogen-bond acceptors (Lipinski definition) is 4. The van der Waals surface area contributed by atoms with Crippen LogP contribution in [0.5, 0.6) is 5.75 Å². The van der Waals surface area contributed by atoms with E-state index in [2.05, 4.69) is 10.2 Å². The normalized spacial score (nSPS) is 19.6. The highest BCUT2D eigenvalue weighted by Crippen LogP contribution is 2.24. The third kappa shape index (κ3) is 5.70. The lowest BCUT2D eigenvalue weighted by molar-refractivity contribution is -0.127. The van der Waals surface area contributed by atoms with Crippen molar-refractivity contribution in [3.8, 4) is 5.75 Å². The highest BCUT2D eigenvalue weighted by Gasteiger charge is 2.25. The van der Waals surface area contributed by atoms with Crippen molar-refractivity contribution in [3.05, 3.63) is 29.8 Å². The molecule has 3 rings (SSSR count). The predicted octanol–water partition coefficient (Wildman–Crippen LogP) is 2.92. The number of carbonyl (C=O) groups excluding carboxylic acids is 1. The van der Waals surface area contributed by atoms with Crippen molar-refractivity contribution in [2.24, 2.45) is 5.92 Å². The largest absolute Gasteiger partial charge is 0.491 e.